The van der Waals surface area contributed by atoms with E-state index in [9.17, 15) is 0 Å². The van der Waals surface area contributed by atoms with Crippen LogP contribution in [0, 0.1) is 0 Å². The van der Waals surface area contributed by atoms with E-state index in [4.69, 9.17) is 25.8 Å². The first-order valence-corrected chi connectivity index (χ1v) is 7.22. The van der Waals surface area contributed by atoms with E-state index >= 15 is 0 Å². The maximum Gasteiger partial charge on any atom is 0.138 e. The molecule has 0 bridgehead atoms. The normalized spacial score (nSPS) is 19.4. The van der Waals surface area contributed by atoms with E-state index in [0.29, 0.717) is 18.2 Å². The summed E-state index contributed by atoms with van der Waals surface area (Å²) < 4.78 is 16.5. The van der Waals surface area contributed by atoms with Gasteiger partial charge in [-0.05, 0) is 37.0 Å². The van der Waals surface area contributed by atoms with E-state index in [2.05, 4.69) is 0 Å². The predicted molar refractivity (Wildman–Crippen MR) is 76.0 cm³/mol. The fraction of sp³-hybridized carbons (Fsp3) is 0.600. The molecule has 2 rings (SSSR count). The van der Waals surface area contributed by atoms with Crippen LogP contribution in [0.3, 0.4) is 0 Å². The van der Waals surface area contributed by atoms with Crippen LogP contribution in [-0.2, 0) is 9.47 Å². The molecule has 1 aliphatic rings. The summed E-state index contributed by atoms with van der Waals surface area (Å²) >= 11 is 6.15. The first-order valence-electron chi connectivity index (χ1n) is 6.84. The summed E-state index contributed by atoms with van der Waals surface area (Å²) in [6, 6.07) is 5.92. The second kappa shape index (κ2) is 7.73. The highest BCUT2D eigenvalue weighted by atomic mass is 35.5. The van der Waals surface area contributed by atoms with E-state index in [1.165, 1.54) is 6.42 Å². The lowest BCUT2D eigenvalue weighted by Gasteiger charge is -2.23. The van der Waals surface area contributed by atoms with Gasteiger partial charge in [-0.1, -0.05) is 17.7 Å². The molecule has 1 aromatic carbocycles. The third-order valence-corrected chi connectivity index (χ3v) is 3.57. The molecule has 3 nitrogen and oxygen atoms in total. The minimum absolute atomic E-state index is 0.187. The summed E-state index contributed by atoms with van der Waals surface area (Å²) in [4.78, 5) is 0. The Bertz CT molecular complexity index is 389. The molecule has 4 heteroatoms. The van der Waals surface area contributed by atoms with Crippen molar-refractivity contribution < 1.29 is 14.2 Å². The topological polar surface area (TPSA) is 27.7 Å². The fourth-order valence-corrected chi connectivity index (χ4v) is 2.39. The van der Waals surface area contributed by atoms with Crippen molar-refractivity contribution in [3.05, 3.63) is 28.8 Å². The van der Waals surface area contributed by atoms with E-state index in [1.807, 2.05) is 18.2 Å². The Morgan fingerprint density at radius 1 is 1.32 bits per heavy atom. The quantitative estimate of drug-likeness (QED) is 0.739. The van der Waals surface area contributed by atoms with Crippen LogP contribution < -0.4 is 4.74 Å². The molecule has 1 heterocycles. The fourth-order valence-electron chi connectivity index (χ4n) is 2.22. The largest absolute Gasteiger partial charge is 0.492 e. The molecule has 19 heavy (non-hydrogen) atoms. The summed E-state index contributed by atoms with van der Waals surface area (Å²) in [5.74, 6) is 0.740. The van der Waals surface area contributed by atoms with Crippen LogP contribution in [0.5, 0.6) is 5.75 Å². The van der Waals surface area contributed by atoms with Crippen LogP contribution in [0.1, 0.15) is 37.4 Å². The number of halogens is 1. The molecular formula is C15H21ClO3. The van der Waals surface area contributed by atoms with Crippen molar-refractivity contribution >= 4 is 11.6 Å². The van der Waals surface area contributed by atoms with Gasteiger partial charge < -0.3 is 14.2 Å². The van der Waals surface area contributed by atoms with Crippen molar-refractivity contribution in [2.75, 3.05) is 26.9 Å². The van der Waals surface area contributed by atoms with Crippen LogP contribution in [0.2, 0.25) is 5.02 Å². The standard InChI is InChI=1S/C15H21ClO3/c1-17-8-4-10-19-15-11-12(6-7-13(15)16)14-5-2-3-9-18-14/h6-7,11,14H,2-5,8-10H2,1H3. The number of hydrogen-bond acceptors (Lipinski definition) is 3. The van der Waals surface area contributed by atoms with Gasteiger partial charge in [0.05, 0.1) is 17.7 Å². The van der Waals surface area contributed by atoms with Gasteiger partial charge in [-0.2, -0.15) is 0 Å². The third kappa shape index (κ3) is 4.37. The Balaban J connectivity index is 1.97. The first kappa shape index (κ1) is 14.6. The molecule has 0 spiro atoms. The van der Waals surface area contributed by atoms with Crippen LogP contribution in [-0.4, -0.2) is 26.9 Å². The van der Waals surface area contributed by atoms with Crippen molar-refractivity contribution in [3.63, 3.8) is 0 Å². The van der Waals surface area contributed by atoms with Crippen molar-refractivity contribution in [1.29, 1.82) is 0 Å². The maximum absolute atomic E-state index is 6.15. The second-order valence-corrected chi connectivity index (χ2v) is 5.15. The lowest BCUT2D eigenvalue weighted by Crippen LogP contribution is -2.11. The van der Waals surface area contributed by atoms with Gasteiger partial charge in [0.1, 0.15) is 5.75 Å². The van der Waals surface area contributed by atoms with Crippen molar-refractivity contribution in [2.45, 2.75) is 31.8 Å². The summed E-state index contributed by atoms with van der Waals surface area (Å²) in [5.41, 5.74) is 1.16. The number of ether oxygens (including phenoxy) is 3. The lowest BCUT2D eigenvalue weighted by molar-refractivity contribution is 0.0148. The second-order valence-electron chi connectivity index (χ2n) is 4.74. The predicted octanol–water partition coefficient (Wildman–Crippen LogP) is 4.00. The van der Waals surface area contributed by atoms with E-state index < -0.39 is 0 Å². The Hall–Kier alpha value is -0.770. The molecule has 1 aliphatic heterocycles. The molecule has 0 N–H and O–H groups in total. The Kier molecular flexibility index (Phi) is 5.95. The van der Waals surface area contributed by atoms with Gasteiger partial charge in [0.15, 0.2) is 0 Å². The Morgan fingerprint density at radius 2 is 2.21 bits per heavy atom. The number of methoxy groups -OCH3 is 1. The highest BCUT2D eigenvalue weighted by molar-refractivity contribution is 6.32. The molecule has 1 saturated heterocycles. The Morgan fingerprint density at radius 3 is 2.95 bits per heavy atom. The molecule has 1 fully saturated rings. The Labute approximate surface area is 119 Å². The van der Waals surface area contributed by atoms with E-state index in [0.717, 1.165) is 37.2 Å². The smallest absolute Gasteiger partial charge is 0.138 e. The molecule has 0 aliphatic carbocycles. The average Bonchev–Trinajstić information content (AvgIpc) is 2.46. The first-order chi connectivity index (χ1) is 9.31. The molecular weight excluding hydrogens is 264 g/mol. The molecule has 0 saturated carbocycles. The van der Waals surface area contributed by atoms with Crippen LogP contribution in [0.4, 0.5) is 0 Å². The van der Waals surface area contributed by atoms with E-state index in [-0.39, 0.29) is 6.10 Å². The molecule has 1 unspecified atom stereocenters. The minimum Gasteiger partial charge on any atom is -0.492 e. The third-order valence-electron chi connectivity index (χ3n) is 3.26. The lowest BCUT2D eigenvalue weighted by atomic mass is 10.0. The van der Waals surface area contributed by atoms with Crippen molar-refractivity contribution in [2.24, 2.45) is 0 Å². The molecule has 0 aromatic heterocycles. The van der Waals surface area contributed by atoms with Gasteiger partial charge in [-0.25, -0.2) is 0 Å². The van der Waals surface area contributed by atoms with Crippen LogP contribution >= 0.6 is 11.6 Å². The van der Waals surface area contributed by atoms with Gasteiger partial charge in [-0.15, -0.1) is 0 Å². The van der Waals surface area contributed by atoms with E-state index in [1.54, 1.807) is 7.11 Å². The zero-order valence-corrected chi connectivity index (χ0v) is 12.1. The maximum atomic E-state index is 6.15. The highest BCUT2D eigenvalue weighted by Gasteiger charge is 2.17. The number of rotatable bonds is 6. The molecule has 1 atom stereocenters. The monoisotopic (exact) mass is 284 g/mol. The zero-order chi connectivity index (χ0) is 13.5. The molecule has 0 radical (unpaired) electrons. The summed E-state index contributed by atoms with van der Waals surface area (Å²) in [5, 5.41) is 0.650. The van der Waals surface area contributed by atoms with Crippen LogP contribution in [0.15, 0.2) is 18.2 Å². The molecule has 106 valence electrons. The van der Waals surface area contributed by atoms with Crippen LogP contribution in [0.25, 0.3) is 0 Å². The summed E-state index contributed by atoms with van der Waals surface area (Å²) in [6.07, 6.45) is 4.50. The zero-order valence-electron chi connectivity index (χ0n) is 11.4. The van der Waals surface area contributed by atoms with Gasteiger partial charge >= 0.3 is 0 Å². The highest BCUT2D eigenvalue weighted by Crippen LogP contribution is 2.33. The van der Waals surface area contributed by atoms with Gasteiger partial charge in [-0.3, -0.25) is 0 Å². The number of hydrogen-bond donors (Lipinski definition) is 0. The van der Waals surface area contributed by atoms with Gasteiger partial charge in [0, 0.05) is 26.7 Å². The van der Waals surface area contributed by atoms with Gasteiger partial charge in [0.25, 0.3) is 0 Å². The minimum atomic E-state index is 0.187. The summed E-state index contributed by atoms with van der Waals surface area (Å²) in [7, 11) is 1.69. The SMILES string of the molecule is COCCCOc1cc(C2CCCCO2)ccc1Cl. The average molecular weight is 285 g/mol. The number of benzene rings is 1. The summed E-state index contributed by atoms with van der Waals surface area (Å²) in [6.45, 7) is 2.16. The molecule has 0 amide bonds. The van der Waals surface area contributed by atoms with Crippen molar-refractivity contribution in [3.8, 4) is 5.75 Å². The van der Waals surface area contributed by atoms with Gasteiger partial charge in [0.2, 0.25) is 0 Å². The molecule has 1 aromatic rings. The van der Waals surface area contributed by atoms with Crippen molar-refractivity contribution in [1.82, 2.24) is 0 Å².